The highest BCUT2D eigenvalue weighted by molar-refractivity contribution is 5.93. The number of benzene rings is 2. The molecular weight excluding hydrogens is 402 g/mol. The van der Waals surface area contributed by atoms with Crippen molar-refractivity contribution in [2.24, 2.45) is 0 Å². The predicted octanol–water partition coefficient (Wildman–Crippen LogP) is 6.12. The fourth-order valence-electron chi connectivity index (χ4n) is 3.01. The van der Waals surface area contributed by atoms with Crippen molar-refractivity contribution >= 4 is 11.9 Å². The maximum atomic E-state index is 12.4. The summed E-state index contributed by atoms with van der Waals surface area (Å²) in [5.41, 5.74) is 2.68. The molecule has 0 saturated heterocycles. The van der Waals surface area contributed by atoms with E-state index in [1.807, 2.05) is 24.3 Å². The van der Waals surface area contributed by atoms with Gasteiger partial charge in [-0.05, 0) is 58.4 Å². The van der Waals surface area contributed by atoms with Gasteiger partial charge in [0.15, 0.2) is 0 Å². The maximum Gasteiger partial charge on any atom is 0.362 e. The normalized spacial score (nSPS) is 11.7. The van der Waals surface area contributed by atoms with Crippen LogP contribution in [0.3, 0.4) is 0 Å². The van der Waals surface area contributed by atoms with Crippen LogP contribution in [0.5, 0.6) is 11.5 Å². The second kappa shape index (κ2) is 8.95. The van der Waals surface area contributed by atoms with Crippen molar-refractivity contribution in [1.82, 2.24) is 4.98 Å². The molecule has 0 N–H and O–H groups in total. The molecule has 0 saturated carbocycles. The molecule has 0 aliphatic rings. The van der Waals surface area contributed by atoms with E-state index in [1.54, 1.807) is 24.3 Å². The van der Waals surface area contributed by atoms with Gasteiger partial charge < -0.3 is 9.47 Å². The summed E-state index contributed by atoms with van der Waals surface area (Å²) >= 11 is 0. The maximum absolute atomic E-state index is 12.4. The third-order valence-corrected chi connectivity index (χ3v) is 5.07. The average molecular weight is 432 g/mol. The van der Waals surface area contributed by atoms with Crippen molar-refractivity contribution in [3.63, 3.8) is 0 Å². The summed E-state index contributed by atoms with van der Waals surface area (Å²) in [4.78, 5) is 28.8. The summed E-state index contributed by atoms with van der Waals surface area (Å²) in [6.07, 6.45) is 1.31. The van der Waals surface area contributed by atoms with E-state index in [4.69, 9.17) is 9.47 Å². The molecule has 0 aliphatic heterocycles. The second-order valence-corrected chi connectivity index (χ2v) is 9.76. The van der Waals surface area contributed by atoms with Gasteiger partial charge in [-0.15, -0.1) is 0 Å². The van der Waals surface area contributed by atoms with Crippen LogP contribution in [0, 0.1) is 0 Å². The largest absolute Gasteiger partial charge is 0.423 e. The summed E-state index contributed by atoms with van der Waals surface area (Å²) in [6, 6.07) is 17.7. The van der Waals surface area contributed by atoms with Crippen LogP contribution in [0.15, 0.2) is 66.9 Å². The summed E-state index contributed by atoms with van der Waals surface area (Å²) in [5, 5.41) is 0. The summed E-state index contributed by atoms with van der Waals surface area (Å²) in [6.45, 7) is 12.7. The Morgan fingerprint density at radius 3 is 1.44 bits per heavy atom. The van der Waals surface area contributed by atoms with E-state index in [-0.39, 0.29) is 22.1 Å². The van der Waals surface area contributed by atoms with Crippen molar-refractivity contribution in [2.45, 2.75) is 52.4 Å². The monoisotopic (exact) mass is 431 g/mol. The number of esters is 2. The molecule has 1 aromatic heterocycles. The fraction of sp³-hybridized carbons (Fsp3) is 0.296. The smallest absolute Gasteiger partial charge is 0.362 e. The molecule has 0 unspecified atom stereocenters. The van der Waals surface area contributed by atoms with Gasteiger partial charge in [0, 0.05) is 6.20 Å². The summed E-state index contributed by atoms with van der Waals surface area (Å²) in [7, 11) is 0. The number of carbonyl (C=O) groups is 2. The van der Waals surface area contributed by atoms with Gasteiger partial charge in [-0.1, -0.05) is 65.8 Å². The Bertz CT molecular complexity index is 994. The van der Waals surface area contributed by atoms with Crippen LogP contribution in [-0.4, -0.2) is 16.9 Å². The summed E-state index contributed by atoms with van der Waals surface area (Å²) < 4.78 is 10.8. The number of ether oxygens (including phenoxy) is 2. The first-order valence-electron chi connectivity index (χ1n) is 10.5. The molecule has 3 aromatic rings. The number of nitrogens with zero attached hydrogens (tertiary/aromatic N) is 1. The standard InChI is InChI=1S/C27H29NO4/c1-26(2,3)19-8-12-21(13-9-19)31-24(29)18-7-16-23(28-17-18)25(30)32-22-14-10-20(11-15-22)27(4,5)6/h7-17H,1-6H3. The lowest BCUT2D eigenvalue weighted by molar-refractivity contribution is 0.0715. The molecule has 0 atom stereocenters. The van der Waals surface area contributed by atoms with E-state index < -0.39 is 11.9 Å². The average Bonchev–Trinajstić information content (AvgIpc) is 2.73. The lowest BCUT2D eigenvalue weighted by Crippen LogP contribution is -2.14. The molecule has 0 bridgehead atoms. The van der Waals surface area contributed by atoms with Crippen LogP contribution in [0.4, 0.5) is 0 Å². The molecule has 1 heterocycles. The van der Waals surface area contributed by atoms with Gasteiger partial charge in [0.2, 0.25) is 0 Å². The number of aromatic nitrogens is 1. The molecule has 2 aromatic carbocycles. The highest BCUT2D eigenvalue weighted by Crippen LogP contribution is 2.25. The van der Waals surface area contributed by atoms with Crippen molar-refractivity contribution in [3.05, 3.63) is 89.2 Å². The minimum Gasteiger partial charge on any atom is -0.423 e. The third kappa shape index (κ3) is 5.82. The van der Waals surface area contributed by atoms with Crippen molar-refractivity contribution in [2.75, 3.05) is 0 Å². The number of pyridine rings is 1. The van der Waals surface area contributed by atoms with Gasteiger partial charge in [0.1, 0.15) is 17.2 Å². The van der Waals surface area contributed by atoms with E-state index in [2.05, 4.69) is 46.5 Å². The second-order valence-electron chi connectivity index (χ2n) is 9.76. The molecule has 0 fully saturated rings. The first kappa shape index (κ1) is 23.2. The van der Waals surface area contributed by atoms with Crippen molar-refractivity contribution < 1.29 is 19.1 Å². The Kier molecular flexibility index (Phi) is 6.49. The minimum absolute atomic E-state index is 0.0170. The lowest BCUT2D eigenvalue weighted by Gasteiger charge is -2.19. The number of hydrogen-bond acceptors (Lipinski definition) is 5. The van der Waals surface area contributed by atoms with Gasteiger partial charge in [0.25, 0.3) is 0 Å². The van der Waals surface area contributed by atoms with Gasteiger partial charge in [-0.3, -0.25) is 0 Å². The first-order chi connectivity index (χ1) is 14.9. The van der Waals surface area contributed by atoms with Crippen molar-refractivity contribution in [1.29, 1.82) is 0 Å². The molecule has 0 spiro atoms. The molecule has 166 valence electrons. The first-order valence-corrected chi connectivity index (χ1v) is 10.5. The zero-order valence-electron chi connectivity index (χ0n) is 19.4. The highest BCUT2D eigenvalue weighted by Gasteiger charge is 2.17. The van der Waals surface area contributed by atoms with E-state index in [0.717, 1.165) is 11.1 Å². The van der Waals surface area contributed by atoms with Crippen LogP contribution < -0.4 is 9.47 Å². The zero-order valence-corrected chi connectivity index (χ0v) is 19.4. The molecule has 5 nitrogen and oxygen atoms in total. The Labute approximate surface area is 189 Å². The zero-order chi connectivity index (χ0) is 23.5. The van der Waals surface area contributed by atoms with Crippen LogP contribution >= 0.6 is 0 Å². The Balaban J connectivity index is 1.62. The van der Waals surface area contributed by atoms with E-state index in [0.29, 0.717) is 11.5 Å². The fourth-order valence-corrected chi connectivity index (χ4v) is 3.01. The molecule has 0 amide bonds. The van der Waals surface area contributed by atoms with Crippen LogP contribution in [0.2, 0.25) is 0 Å². The lowest BCUT2D eigenvalue weighted by atomic mass is 9.87. The topological polar surface area (TPSA) is 65.5 Å². The quantitative estimate of drug-likeness (QED) is 0.368. The minimum atomic E-state index is -0.591. The van der Waals surface area contributed by atoms with E-state index in [1.165, 1.54) is 18.3 Å². The van der Waals surface area contributed by atoms with Crippen LogP contribution in [0.1, 0.15) is 73.5 Å². The number of hydrogen-bond donors (Lipinski definition) is 0. The van der Waals surface area contributed by atoms with Gasteiger partial charge in [0.05, 0.1) is 5.56 Å². The predicted molar refractivity (Wildman–Crippen MR) is 124 cm³/mol. The molecule has 0 radical (unpaired) electrons. The molecule has 0 aliphatic carbocycles. The van der Waals surface area contributed by atoms with E-state index in [9.17, 15) is 9.59 Å². The van der Waals surface area contributed by atoms with Gasteiger partial charge in [-0.2, -0.15) is 0 Å². The van der Waals surface area contributed by atoms with Crippen molar-refractivity contribution in [3.8, 4) is 11.5 Å². The van der Waals surface area contributed by atoms with Gasteiger partial charge >= 0.3 is 11.9 Å². The summed E-state index contributed by atoms with van der Waals surface area (Å²) in [5.74, 6) is -0.248. The molecule has 3 rings (SSSR count). The Morgan fingerprint density at radius 2 is 1.06 bits per heavy atom. The molecule has 5 heteroatoms. The van der Waals surface area contributed by atoms with Gasteiger partial charge in [-0.25, -0.2) is 14.6 Å². The molecule has 32 heavy (non-hydrogen) atoms. The van der Waals surface area contributed by atoms with Crippen LogP contribution in [0.25, 0.3) is 0 Å². The molecular formula is C27H29NO4. The third-order valence-electron chi connectivity index (χ3n) is 5.07. The van der Waals surface area contributed by atoms with Crippen LogP contribution in [-0.2, 0) is 10.8 Å². The Hall–Kier alpha value is -3.47. The number of rotatable bonds is 4. The number of carbonyl (C=O) groups excluding carboxylic acids is 2. The SMILES string of the molecule is CC(C)(C)c1ccc(OC(=O)c2ccc(C(=O)Oc3ccc(C(C)(C)C)cc3)nc2)cc1. The van der Waals surface area contributed by atoms with E-state index >= 15 is 0 Å². The highest BCUT2D eigenvalue weighted by atomic mass is 16.5. The Morgan fingerprint density at radius 1 is 0.625 bits per heavy atom.